The molecule has 0 saturated heterocycles. The molecule has 8 heteroatoms. The normalized spacial score (nSPS) is 12.2. The second kappa shape index (κ2) is 8.96. The van der Waals surface area contributed by atoms with Crippen LogP contribution in [0.3, 0.4) is 0 Å². The van der Waals surface area contributed by atoms with Gasteiger partial charge >= 0.3 is 5.97 Å². The highest BCUT2D eigenvalue weighted by molar-refractivity contribution is 7.92. The van der Waals surface area contributed by atoms with Crippen LogP contribution >= 0.6 is 0 Å². The standard InChI is InChI=1S/C22H20FNO5S/c1-30(27,28)24(18-11-9-17(23)10-12-18)21(22(25)26)15-16-7-13-20(14-8-16)29-19-5-3-2-4-6-19/h2-14,21H,15H2,1H3,(H,25,26). The first-order chi connectivity index (χ1) is 14.2. The van der Waals surface area contributed by atoms with Crippen molar-refractivity contribution >= 4 is 21.7 Å². The maximum atomic E-state index is 13.3. The molecule has 0 saturated carbocycles. The number of para-hydroxylation sites is 1. The molecule has 1 N–H and O–H groups in total. The van der Waals surface area contributed by atoms with Gasteiger partial charge in [0.1, 0.15) is 23.4 Å². The Hall–Kier alpha value is -3.39. The molecule has 0 radical (unpaired) electrons. The molecule has 30 heavy (non-hydrogen) atoms. The zero-order valence-electron chi connectivity index (χ0n) is 16.1. The first-order valence-electron chi connectivity index (χ1n) is 9.03. The van der Waals surface area contributed by atoms with Gasteiger partial charge in [0, 0.05) is 6.42 Å². The molecular formula is C22H20FNO5S. The molecule has 3 rings (SSSR count). The lowest BCUT2D eigenvalue weighted by atomic mass is 10.1. The number of carboxylic acids is 1. The number of nitrogens with zero attached hydrogens (tertiary/aromatic N) is 1. The van der Waals surface area contributed by atoms with E-state index in [0.717, 1.165) is 22.7 Å². The Morgan fingerprint density at radius 3 is 2.07 bits per heavy atom. The molecule has 3 aromatic rings. The van der Waals surface area contributed by atoms with Crippen LogP contribution in [0.5, 0.6) is 11.5 Å². The van der Waals surface area contributed by atoms with Crippen molar-refractivity contribution in [3.05, 3.63) is 90.2 Å². The summed E-state index contributed by atoms with van der Waals surface area (Å²) in [5.74, 6) is -0.633. The number of hydrogen-bond acceptors (Lipinski definition) is 4. The fourth-order valence-corrected chi connectivity index (χ4v) is 4.13. The number of rotatable bonds is 8. The van der Waals surface area contributed by atoms with Gasteiger partial charge in [-0.15, -0.1) is 0 Å². The maximum absolute atomic E-state index is 13.3. The number of hydrogen-bond donors (Lipinski definition) is 1. The summed E-state index contributed by atoms with van der Waals surface area (Å²) in [7, 11) is -3.94. The first-order valence-corrected chi connectivity index (χ1v) is 10.9. The average Bonchev–Trinajstić information content (AvgIpc) is 2.70. The molecule has 0 aliphatic rings. The quantitative estimate of drug-likeness (QED) is 0.583. The second-order valence-electron chi connectivity index (χ2n) is 6.65. The topological polar surface area (TPSA) is 83.9 Å². The van der Waals surface area contributed by atoms with Gasteiger partial charge < -0.3 is 9.84 Å². The summed E-state index contributed by atoms with van der Waals surface area (Å²) in [6, 6.07) is 19.2. The molecule has 0 aliphatic carbocycles. The monoisotopic (exact) mass is 429 g/mol. The Morgan fingerprint density at radius 2 is 1.53 bits per heavy atom. The lowest BCUT2D eigenvalue weighted by molar-refractivity contribution is -0.138. The minimum atomic E-state index is -3.94. The lowest BCUT2D eigenvalue weighted by Gasteiger charge is -2.29. The molecule has 1 atom stereocenters. The van der Waals surface area contributed by atoms with E-state index >= 15 is 0 Å². The number of halogens is 1. The summed E-state index contributed by atoms with van der Waals surface area (Å²) in [5.41, 5.74) is 0.689. The SMILES string of the molecule is CS(=O)(=O)N(c1ccc(F)cc1)C(Cc1ccc(Oc2ccccc2)cc1)C(=O)O. The minimum Gasteiger partial charge on any atom is -0.480 e. The number of benzene rings is 3. The van der Waals surface area contributed by atoms with Gasteiger partial charge in [-0.2, -0.15) is 0 Å². The van der Waals surface area contributed by atoms with Gasteiger partial charge in [-0.3, -0.25) is 4.31 Å². The lowest BCUT2D eigenvalue weighted by Crippen LogP contribution is -2.46. The smallest absolute Gasteiger partial charge is 0.327 e. The van der Waals surface area contributed by atoms with E-state index in [-0.39, 0.29) is 12.1 Å². The van der Waals surface area contributed by atoms with E-state index < -0.39 is 27.9 Å². The minimum absolute atomic E-state index is 0.0780. The van der Waals surface area contributed by atoms with Crippen molar-refractivity contribution in [2.24, 2.45) is 0 Å². The highest BCUT2D eigenvalue weighted by Crippen LogP contribution is 2.25. The van der Waals surface area contributed by atoms with Crippen LogP contribution in [-0.2, 0) is 21.2 Å². The van der Waals surface area contributed by atoms with Gasteiger partial charge in [0.05, 0.1) is 11.9 Å². The summed E-state index contributed by atoms with van der Waals surface area (Å²) >= 11 is 0. The summed E-state index contributed by atoms with van der Waals surface area (Å²) in [6.45, 7) is 0. The predicted octanol–water partition coefficient (Wildman–Crippen LogP) is 4.08. The average molecular weight is 429 g/mol. The third-order valence-electron chi connectivity index (χ3n) is 4.34. The number of ether oxygens (including phenoxy) is 1. The molecule has 1 unspecified atom stereocenters. The molecule has 0 aromatic heterocycles. The van der Waals surface area contributed by atoms with Crippen LogP contribution in [0.2, 0.25) is 0 Å². The van der Waals surface area contributed by atoms with Gasteiger partial charge in [0.25, 0.3) is 0 Å². The molecule has 0 fully saturated rings. The predicted molar refractivity (Wildman–Crippen MR) is 112 cm³/mol. The molecule has 0 amide bonds. The summed E-state index contributed by atoms with van der Waals surface area (Å²) < 4.78 is 44.5. The molecule has 6 nitrogen and oxygen atoms in total. The molecule has 0 heterocycles. The molecule has 0 spiro atoms. The number of aliphatic carboxylic acids is 1. The van der Waals surface area contributed by atoms with Gasteiger partial charge in [-0.05, 0) is 54.1 Å². The van der Waals surface area contributed by atoms with Crippen LogP contribution in [0.25, 0.3) is 0 Å². The number of sulfonamides is 1. The van der Waals surface area contributed by atoms with Crippen LogP contribution in [0.4, 0.5) is 10.1 Å². The summed E-state index contributed by atoms with van der Waals surface area (Å²) in [6.07, 6.45) is 0.842. The van der Waals surface area contributed by atoms with Crippen LogP contribution in [0.15, 0.2) is 78.9 Å². The summed E-state index contributed by atoms with van der Waals surface area (Å²) in [4.78, 5) is 11.9. The van der Waals surface area contributed by atoms with Gasteiger partial charge in [0.2, 0.25) is 10.0 Å². The van der Waals surface area contributed by atoms with Crippen LogP contribution < -0.4 is 9.04 Å². The van der Waals surface area contributed by atoms with Crippen LogP contribution in [-0.4, -0.2) is 31.8 Å². The van der Waals surface area contributed by atoms with E-state index in [0.29, 0.717) is 17.1 Å². The van der Waals surface area contributed by atoms with E-state index in [1.54, 1.807) is 36.4 Å². The zero-order valence-corrected chi connectivity index (χ0v) is 16.9. The van der Waals surface area contributed by atoms with Gasteiger partial charge in [0.15, 0.2) is 0 Å². The Balaban J connectivity index is 1.85. The van der Waals surface area contributed by atoms with E-state index in [1.165, 1.54) is 12.1 Å². The molecule has 3 aromatic carbocycles. The third kappa shape index (κ3) is 5.36. The van der Waals surface area contributed by atoms with E-state index in [2.05, 4.69) is 0 Å². The van der Waals surface area contributed by atoms with Gasteiger partial charge in [-0.25, -0.2) is 17.6 Å². The first kappa shape index (κ1) is 21.3. The van der Waals surface area contributed by atoms with Crippen molar-refractivity contribution in [1.82, 2.24) is 0 Å². The fourth-order valence-electron chi connectivity index (χ4n) is 3.00. The fraction of sp³-hybridized carbons (Fsp3) is 0.136. The van der Waals surface area contributed by atoms with Crippen molar-refractivity contribution in [3.8, 4) is 11.5 Å². The molecule has 0 aliphatic heterocycles. The molecule has 0 bridgehead atoms. The van der Waals surface area contributed by atoms with E-state index in [9.17, 15) is 22.7 Å². The van der Waals surface area contributed by atoms with Crippen molar-refractivity contribution in [2.75, 3.05) is 10.6 Å². The second-order valence-corrected chi connectivity index (χ2v) is 8.51. The largest absolute Gasteiger partial charge is 0.480 e. The zero-order chi connectivity index (χ0) is 21.7. The Labute approximate surface area is 174 Å². The van der Waals surface area contributed by atoms with Crippen molar-refractivity contribution < 1.29 is 27.4 Å². The molecule has 156 valence electrons. The highest BCUT2D eigenvalue weighted by Gasteiger charge is 2.32. The number of anilines is 1. The Kier molecular flexibility index (Phi) is 6.37. The van der Waals surface area contributed by atoms with Crippen LogP contribution in [0.1, 0.15) is 5.56 Å². The van der Waals surface area contributed by atoms with Crippen molar-refractivity contribution in [2.45, 2.75) is 12.5 Å². The number of carbonyl (C=O) groups is 1. The maximum Gasteiger partial charge on any atom is 0.327 e. The Bertz CT molecular complexity index is 1100. The van der Waals surface area contributed by atoms with E-state index in [4.69, 9.17) is 4.74 Å². The van der Waals surface area contributed by atoms with E-state index in [1.807, 2.05) is 18.2 Å². The van der Waals surface area contributed by atoms with Crippen molar-refractivity contribution in [1.29, 1.82) is 0 Å². The Morgan fingerprint density at radius 1 is 0.967 bits per heavy atom. The summed E-state index contributed by atoms with van der Waals surface area (Å²) in [5, 5.41) is 9.73. The molecular weight excluding hydrogens is 409 g/mol. The number of carboxylic acid groups (broad SMARTS) is 1. The highest BCUT2D eigenvalue weighted by atomic mass is 32.2. The van der Waals surface area contributed by atoms with Crippen LogP contribution in [0, 0.1) is 5.82 Å². The van der Waals surface area contributed by atoms with Crippen molar-refractivity contribution in [3.63, 3.8) is 0 Å². The third-order valence-corrected chi connectivity index (χ3v) is 5.52. The van der Waals surface area contributed by atoms with Gasteiger partial charge in [-0.1, -0.05) is 30.3 Å².